The first-order valence-corrected chi connectivity index (χ1v) is 9.82. The van der Waals surface area contributed by atoms with Gasteiger partial charge in [0.25, 0.3) is 0 Å². The molecule has 1 aromatic carbocycles. The van der Waals surface area contributed by atoms with Crippen LogP contribution in [0.15, 0.2) is 24.3 Å². The molecule has 3 rings (SSSR count). The number of benzene rings is 1. The topological polar surface area (TPSA) is 72.5 Å². The van der Waals surface area contributed by atoms with Crippen LogP contribution in [-0.2, 0) is 14.3 Å². The molecule has 0 heterocycles. The summed E-state index contributed by atoms with van der Waals surface area (Å²) in [5.41, 5.74) is 0.623. The van der Waals surface area contributed by atoms with Crippen molar-refractivity contribution in [3.05, 3.63) is 29.8 Å². The summed E-state index contributed by atoms with van der Waals surface area (Å²) in [6.07, 6.45) is 5.37. The van der Waals surface area contributed by atoms with Crippen molar-refractivity contribution in [2.75, 3.05) is 11.9 Å². The van der Waals surface area contributed by atoms with Gasteiger partial charge >= 0.3 is 5.97 Å². The molecule has 0 aromatic heterocycles. The van der Waals surface area contributed by atoms with Crippen LogP contribution in [0.5, 0.6) is 0 Å². The Hall–Kier alpha value is -2.17. The predicted octanol–water partition coefficient (Wildman–Crippen LogP) is 4.22. The SMILES string of the molecule is CC(C)(C)C(=O)Nc1ccc(C(=O)COC(=O)C[C@H]2C[C@@H]3CC[C@@H]2C3)cc1. The monoisotopic (exact) mass is 371 g/mol. The van der Waals surface area contributed by atoms with E-state index >= 15 is 0 Å². The fraction of sp³-hybridized carbons (Fsp3) is 0.591. The van der Waals surface area contributed by atoms with E-state index in [9.17, 15) is 14.4 Å². The van der Waals surface area contributed by atoms with Gasteiger partial charge in [0.15, 0.2) is 12.4 Å². The van der Waals surface area contributed by atoms with Crippen LogP contribution in [0.25, 0.3) is 0 Å². The number of anilines is 1. The minimum Gasteiger partial charge on any atom is -0.457 e. The molecule has 146 valence electrons. The number of carbonyl (C=O) groups excluding carboxylic acids is 3. The Morgan fingerprint density at radius 2 is 1.78 bits per heavy atom. The van der Waals surface area contributed by atoms with Crippen LogP contribution in [0.3, 0.4) is 0 Å². The van der Waals surface area contributed by atoms with E-state index in [4.69, 9.17) is 4.74 Å². The smallest absolute Gasteiger partial charge is 0.306 e. The fourth-order valence-electron chi connectivity index (χ4n) is 4.19. The van der Waals surface area contributed by atoms with Gasteiger partial charge in [-0.2, -0.15) is 0 Å². The number of ketones is 1. The van der Waals surface area contributed by atoms with Gasteiger partial charge in [0.2, 0.25) is 5.91 Å². The van der Waals surface area contributed by atoms with Crippen LogP contribution in [0.4, 0.5) is 5.69 Å². The molecule has 2 saturated carbocycles. The highest BCUT2D eigenvalue weighted by atomic mass is 16.5. The van der Waals surface area contributed by atoms with Crippen molar-refractivity contribution in [2.45, 2.75) is 52.9 Å². The third-order valence-electron chi connectivity index (χ3n) is 5.82. The largest absolute Gasteiger partial charge is 0.457 e. The summed E-state index contributed by atoms with van der Waals surface area (Å²) in [5, 5.41) is 2.82. The third kappa shape index (κ3) is 4.96. The van der Waals surface area contributed by atoms with Gasteiger partial charge in [0.1, 0.15) is 0 Å². The van der Waals surface area contributed by atoms with Crippen molar-refractivity contribution < 1.29 is 19.1 Å². The zero-order valence-corrected chi connectivity index (χ0v) is 16.4. The molecular formula is C22H29NO4. The molecular weight excluding hydrogens is 342 g/mol. The van der Waals surface area contributed by atoms with E-state index in [0.717, 1.165) is 12.3 Å². The highest BCUT2D eigenvalue weighted by molar-refractivity contribution is 5.99. The van der Waals surface area contributed by atoms with Crippen LogP contribution >= 0.6 is 0 Å². The lowest BCUT2D eigenvalue weighted by atomic mass is 9.86. The Kier molecular flexibility index (Phi) is 5.68. The van der Waals surface area contributed by atoms with E-state index in [1.54, 1.807) is 24.3 Å². The van der Waals surface area contributed by atoms with Gasteiger partial charge in [0.05, 0.1) is 0 Å². The van der Waals surface area contributed by atoms with Crippen molar-refractivity contribution in [1.82, 2.24) is 0 Å². The lowest BCUT2D eigenvalue weighted by Gasteiger charge is -2.20. The van der Waals surface area contributed by atoms with Gasteiger partial charge < -0.3 is 10.1 Å². The van der Waals surface area contributed by atoms with E-state index in [1.807, 2.05) is 20.8 Å². The van der Waals surface area contributed by atoms with Crippen molar-refractivity contribution in [3.63, 3.8) is 0 Å². The average Bonchev–Trinajstić information content (AvgIpc) is 3.22. The zero-order chi connectivity index (χ0) is 19.6. The minimum absolute atomic E-state index is 0.0869. The van der Waals surface area contributed by atoms with Crippen molar-refractivity contribution in [2.24, 2.45) is 23.2 Å². The average molecular weight is 371 g/mol. The van der Waals surface area contributed by atoms with Gasteiger partial charge in [-0.1, -0.05) is 27.2 Å². The maximum atomic E-state index is 12.2. The molecule has 5 heteroatoms. The molecule has 0 radical (unpaired) electrons. The van der Waals surface area contributed by atoms with E-state index < -0.39 is 5.41 Å². The van der Waals surface area contributed by atoms with Gasteiger partial charge in [-0.05, 0) is 61.3 Å². The molecule has 0 unspecified atom stereocenters. The van der Waals surface area contributed by atoms with Crippen LogP contribution in [0.2, 0.25) is 0 Å². The van der Waals surface area contributed by atoms with Crippen LogP contribution in [0, 0.1) is 23.2 Å². The Bertz CT molecular complexity index is 717. The predicted molar refractivity (Wildman–Crippen MR) is 103 cm³/mol. The van der Waals surface area contributed by atoms with E-state index in [-0.39, 0.29) is 24.3 Å². The minimum atomic E-state index is -0.485. The van der Waals surface area contributed by atoms with Crippen LogP contribution in [0.1, 0.15) is 63.2 Å². The molecule has 3 atom stereocenters. The zero-order valence-electron chi connectivity index (χ0n) is 16.4. The van der Waals surface area contributed by atoms with Gasteiger partial charge in [-0.25, -0.2) is 0 Å². The number of esters is 1. The summed E-state index contributed by atoms with van der Waals surface area (Å²) in [6, 6.07) is 6.66. The van der Waals surface area contributed by atoms with Crippen molar-refractivity contribution >= 4 is 23.3 Å². The van der Waals surface area contributed by atoms with Gasteiger partial charge in [0, 0.05) is 23.1 Å². The van der Waals surface area contributed by atoms with Gasteiger partial charge in [-0.15, -0.1) is 0 Å². The van der Waals surface area contributed by atoms with Crippen LogP contribution < -0.4 is 5.32 Å². The molecule has 0 spiro atoms. The quantitative estimate of drug-likeness (QED) is 0.600. The molecule has 2 aliphatic rings. The van der Waals surface area contributed by atoms with Gasteiger partial charge in [-0.3, -0.25) is 14.4 Å². The maximum absolute atomic E-state index is 12.2. The van der Waals surface area contributed by atoms with Crippen molar-refractivity contribution in [3.8, 4) is 0 Å². The lowest BCUT2D eigenvalue weighted by molar-refractivity contribution is -0.144. The second-order valence-electron chi connectivity index (χ2n) is 9.00. The first kappa shape index (κ1) is 19.6. The number of ether oxygens (including phenoxy) is 1. The normalized spacial score (nSPS) is 23.9. The highest BCUT2D eigenvalue weighted by Gasteiger charge is 2.40. The highest BCUT2D eigenvalue weighted by Crippen LogP contribution is 2.49. The fourth-order valence-corrected chi connectivity index (χ4v) is 4.19. The van der Waals surface area contributed by atoms with E-state index in [0.29, 0.717) is 29.5 Å². The number of rotatable bonds is 6. The number of hydrogen-bond acceptors (Lipinski definition) is 4. The molecule has 27 heavy (non-hydrogen) atoms. The molecule has 0 saturated heterocycles. The number of carbonyl (C=O) groups is 3. The molecule has 5 nitrogen and oxygen atoms in total. The van der Waals surface area contributed by atoms with Crippen LogP contribution in [-0.4, -0.2) is 24.3 Å². The van der Waals surface area contributed by atoms with E-state index in [2.05, 4.69) is 5.32 Å². The first-order chi connectivity index (χ1) is 12.7. The standard InChI is InChI=1S/C22H29NO4/c1-22(2,3)21(26)23-18-8-6-15(7-9-18)19(24)13-27-20(25)12-17-11-14-4-5-16(17)10-14/h6-9,14,16-17H,4-5,10-13H2,1-3H3,(H,23,26)/t14-,16-,17-/m1/s1. The number of Topliss-reactive ketones (excluding diaryl/α,β-unsaturated/α-hetero) is 1. The summed E-state index contributed by atoms with van der Waals surface area (Å²) in [7, 11) is 0. The molecule has 1 aromatic rings. The van der Waals surface area contributed by atoms with E-state index in [1.165, 1.54) is 19.3 Å². The molecule has 2 aliphatic carbocycles. The molecule has 2 bridgehead atoms. The molecule has 1 N–H and O–H groups in total. The summed E-state index contributed by atoms with van der Waals surface area (Å²) in [5.74, 6) is 1.33. The summed E-state index contributed by atoms with van der Waals surface area (Å²) in [6.45, 7) is 5.29. The van der Waals surface area contributed by atoms with Crippen molar-refractivity contribution in [1.29, 1.82) is 0 Å². The Labute approximate surface area is 160 Å². The Balaban J connectivity index is 1.45. The summed E-state index contributed by atoms with van der Waals surface area (Å²) >= 11 is 0. The number of nitrogens with one attached hydrogen (secondary N) is 1. The summed E-state index contributed by atoms with van der Waals surface area (Å²) in [4.78, 5) is 36.3. The maximum Gasteiger partial charge on any atom is 0.306 e. The number of hydrogen-bond donors (Lipinski definition) is 1. The molecule has 1 amide bonds. The second kappa shape index (κ2) is 7.83. The third-order valence-corrected chi connectivity index (χ3v) is 5.82. The Morgan fingerprint density at radius 3 is 2.33 bits per heavy atom. The summed E-state index contributed by atoms with van der Waals surface area (Å²) < 4.78 is 5.21. The first-order valence-electron chi connectivity index (χ1n) is 9.82. The number of fused-ring (bicyclic) bond motifs is 2. The number of amides is 1. The second-order valence-corrected chi connectivity index (χ2v) is 9.00. The lowest BCUT2D eigenvalue weighted by Crippen LogP contribution is -2.27. The molecule has 2 fully saturated rings. The molecule has 0 aliphatic heterocycles. The Morgan fingerprint density at radius 1 is 1.07 bits per heavy atom.